The summed E-state index contributed by atoms with van der Waals surface area (Å²) in [5, 5.41) is 5.71. The molecule has 2 rings (SSSR count). The third kappa shape index (κ3) is 5.06. The van der Waals surface area contributed by atoms with Gasteiger partial charge in [0.1, 0.15) is 12.4 Å². The molecular weight excluding hydrogens is 280 g/mol. The summed E-state index contributed by atoms with van der Waals surface area (Å²) in [6, 6.07) is 12.9. The molecule has 0 bridgehead atoms. The lowest BCUT2D eigenvalue weighted by Crippen LogP contribution is -2.19. The number of hydrogen-bond donors (Lipinski definition) is 1. The lowest BCUT2D eigenvalue weighted by molar-refractivity contribution is 0.261. The van der Waals surface area contributed by atoms with E-state index >= 15 is 0 Å². The molecule has 0 amide bonds. The molecule has 1 aromatic heterocycles. The molecule has 3 nitrogen and oxygen atoms in total. The van der Waals surface area contributed by atoms with Crippen LogP contribution >= 0.6 is 11.3 Å². The molecule has 0 aliphatic carbocycles. The Kier molecular flexibility index (Phi) is 6.08. The van der Waals surface area contributed by atoms with E-state index in [2.05, 4.69) is 46.8 Å². The van der Waals surface area contributed by atoms with Crippen molar-refractivity contribution in [2.24, 2.45) is 0 Å². The fraction of sp³-hybridized carbons (Fsp3) is 0.412. The van der Waals surface area contributed by atoms with E-state index in [4.69, 9.17) is 4.74 Å². The van der Waals surface area contributed by atoms with E-state index in [0.29, 0.717) is 12.6 Å². The van der Waals surface area contributed by atoms with E-state index in [1.54, 1.807) is 11.3 Å². The maximum absolute atomic E-state index is 5.71. The standard InChI is InChI=1S/C17H24N2OS/c1-4-16(17-6-5-13-21-17)18-14-7-9-15(10-8-14)20-12-11-19(2)3/h5-10,13,16,18H,4,11-12H2,1-3H3. The topological polar surface area (TPSA) is 24.5 Å². The summed E-state index contributed by atoms with van der Waals surface area (Å²) in [6.45, 7) is 3.85. The van der Waals surface area contributed by atoms with Gasteiger partial charge < -0.3 is 15.0 Å². The number of nitrogens with one attached hydrogen (secondary N) is 1. The van der Waals surface area contributed by atoms with Gasteiger partial charge in [0.2, 0.25) is 0 Å². The van der Waals surface area contributed by atoms with E-state index in [1.807, 2.05) is 26.2 Å². The van der Waals surface area contributed by atoms with Gasteiger partial charge >= 0.3 is 0 Å². The van der Waals surface area contributed by atoms with E-state index in [0.717, 1.165) is 24.4 Å². The molecule has 0 aliphatic heterocycles. The lowest BCUT2D eigenvalue weighted by atomic mass is 10.1. The first-order chi connectivity index (χ1) is 10.2. The maximum atomic E-state index is 5.71. The van der Waals surface area contributed by atoms with Gasteiger partial charge in [-0.15, -0.1) is 11.3 Å². The fourth-order valence-corrected chi connectivity index (χ4v) is 2.92. The largest absolute Gasteiger partial charge is 0.492 e. The van der Waals surface area contributed by atoms with Crippen LogP contribution in [-0.4, -0.2) is 32.1 Å². The van der Waals surface area contributed by atoms with Crippen LogP contribution in [-0.2, 0) is 0 Å². The molecule has 1 atom stereocenters. The van der Waals surface area contributed by atoms with Crippen molar-refractivity contribution in [3.05, 3.63) is 46.7 Å². The zero-order chi connectivity index (χ0) is 15.1. The highest BCUT2D eigenvalue weighted by Gasteiger charge is 2.09. The van der Waals surface area contributed by atoms with Crippen molar-refractivity contribution in [2.75, 3.05) is 32.6 Å². The van der Waals surface area contributed by atoms with Gasteiger partial charge in [-0.3, -0.25) is 0 Å². The van der Waals surface area contributed by atoms with Crippen molar-refractivity contribution in [3.63, 3.8) is 0 Å². The van der Waals surface area contributed by atoms with Crippen LogP contribution < -0.4 is 10.1 Å². The van der Waals surface area contributed by atoms with Crippen LogP contribution in [0.3, 0.4) is 0 Å². The Balaban J connectivity index is 1.89. The minimum atomic E-state index is 0.380. The van der Waals surface area contributed by atoms with Gasteiger partial charge in [-0.1, -0.05) is 13.0 Å². The monoisotopic (exact) mass is 304 g/mol. The first-order valence-electron chi connectivity index (χ1n) is 7.36. The molecule has 21 heavy (non-hydrogen) atoms. The molecule has 0 saturated carbocycles. The van der Waals surface area contributed by atoms with Crippen LogP contribution in [0.4, 0.5) is 5.69 Å². The highest BCUT2D eigenvalue weighted by Crippen LogP contribution is 2.27. The first-order valence-corrected chi connectivity index (χ1v) is 8.24. The van der Waals surface area contributed by atoms with Crippen molar-refractivity contribution in [1.82, 2.24) is 4.90 Å². The minimum Gasteiger partial charge on any atom is -0.492 e. The molecule has 0 fully saturated rings. The SMILES string of the molecule is CCC(Nc1ccc(OCCN(C)C)cc1)c1cccs1. The van der Waals surface area contributed by atoms with E-state index in [1.165, 1.54) is 4.88 Å². The summed E-state index contributed by atoms with van der Waals surface area (Å²) in [5.74, 6) is 0.923. The highest BCUT2D eigenvalue weighted by molar-refractivity contribution is 7.10. The van der Waals surface area contributed by atoms with Gasteiger partial charge in [-0.05, 0) is 56.2 Å². The predicted molar refractivity (Wildman–Crippen MR) is 91.5 cm³/mol. The van der Waals surface area contributed by atoms with Crippen LogP contribution in [0.2, 0.25) is 0 Å². The number of thiophene rings is 1. The van der Waals surface area contributed by atoms with Gasteiger partial charge in [0.15, 0.2) is 0 Å². The lowest BCUT2D eigenvalue weighted by Gasteiger charge is -2.17. The Labute approximate surface area is 131 Å². The summed E-state index contributed by atoms with van der Waals surface area (Å²) < 4.78 is 5.71. The summed E-state index contributed by atoms with van der Waals surface area (Å²) >= 11 is 1.80. The average molecular weight is 304 g/mol. The number of nitrogens with zero attached hydrogens (tertiary/aromatic N) is 1. The molecule has 1 heterocycles. The third-order valence-corrected chi connectivity index (χ3v) is 4.28. The van der Waals surface area contributed by atoms with E-state index in [-0.39, 0.29) is 0 Å². The Morgan fingerprint density at radius 1 is 1.19 bits per heavy atom. The summed E-state index contributed by atoms with van der Waals surface area (Å²) in [5.41, 5.74) is 1.13. The summed E-state index contributed by atoms with van der Waals surface area (Å²) in [7, 11) is 4.09. The predicted octanol–water partition coefficient (Wildman–Crippen LogP) is 4.25. The molecule has 114 valence electrons. The number of hydrogen-bond acceptors (Lipinski definition) is 4. The molecule has 1 aromatic carbocycles. The molecule has 0 aliphatic rings. The number of benzene rings is 1. The summed E-state index contributed by atoms with van der Waals surface area (Å²) in [4.78, 5) is 3.49. The van der Waals surface area contributed by atoms with Crippen molar-refractivity contribution in [1.29, 1.82) is 0 Å². The van der Waals surface area contributed by atoms with Gasteiger partial charge in [-0.25, -0.2) is 0 Å². The van der Waals surface area contributed by atoms with Gasteiger partial charge in [0.05, 0.1) is 6.04 Å². The second kappa shape index (κ2) is 8.05. The number of ether oxygens (including phenoxy) is 1. The zero-order valence-electron chi connectivity index (χ0n) is 13.0. The molecule has 0 spiro atoms. The highest BCUT2D eigenvalue weighted by atomic mass is 32.1. The van der Waals surface area contributed by atoms with Crippen molar-refractivity contribution in [3.8, 4) is 5.75 Å². The first kappa shape index (κ1) is 15.9. The Bertz CT molecular complexity index is 508. The Morgan fingerprint density at radius 3 is 2.52 bits per heavy atom. The average Bonchev–Trinajstić information content (AvgIpc) is 3.00. The van der Waals surface area contributed by atoms with Crippen LogP contribution in [0.5, 0.6) is 5.75 Å². The van der Waals surface area contributed by atoms with Crippen LogP contribution in [0, 0.1) is 0 Å². The normalized spacial score (nSPS) is 12.4. The molecule has 1 unspecified atom stereocenters. The molecule has 1 N–H and O–H groups in total. The van der Waals surface area contributed by atoms with E-state index in [9.17, 15) is 0 Å². The van der Waals surface area contributed by atoms with Crippen molar-refractivity contribution >= 4 is 17.0 Å². The third-order valence-electron chi connectivity index (χ3n) is 3.30. The molecule has 0 saturated heterocycles. The summed E-state index contributed by atoms with van der Waals surface area (Å²) in [6.07, 6.45) is 1.07. The van der Waals surface area contributed by atoms with Gasteiger partial charge in [0, 0.05) is 17.1 Å². The second-order valence-electron chi connectivity index (χ2n) is 5.30. The maximum Gasteiger partial charge on any atom is 0.119 e. The zero-order valence-corrected chi connectivity index (χ0v) is 13.8. The minimum absolute atomic E-state index is 0.380. The fourth-order valence-electron chi connectivity index (χ4n) is 2.06. The van der Waals surface area contributed by atoms with E-state index < -0.39 is 0 Å². The molecule has 2 aromatic rings. The second-order valence-corrected chi connectivity index (χ2v) is 6.28. The smallest absolute Gasteiger partial charge is 0.119 e. The quantitative estimate of drug-likeness (QED) is 0.789. The Hall–Kier alpha value is -1.52. The number of anilines is 1. The Morgan fingerprint density at radius 2 is 1.95 bits per heavy atom. The molecule has 0 radical (unpaired) electrons. The van der Waals surface area contributed by atoms with Crippen LogP contribution in [0.1, 0.15) is 24.3 Å². The molecule has 4 heteroatoms. The number of rotatable bonds is 8. The molecular formula is C17H24N2OS. The van der Waals surface area contributed by atoms with Crippen molar-refractivity contribution in [2.45, 2.75) is 19.4 Å². The van der Waals surface area contributed by atoms with Crippen LogP contribution in [0.25, 0.3) is 0 Å². The van der Waals surface area contributed by atoms with Gasteiger partial charge in [-0.2, -0.15) is 0 Å². The van der Waals surface area contributed by atoms with Crippen molar-refractivity contribution < 1.29 is 4.74 Å². The van der Waals surface area contributed by atoms with Crippen LogP contribution in [0.15, 0.2) is 41.8 Å². The van der Waals surface area contributed by atoms with Gasteiger partial charge in [0.25, 0.3) is 0 Å². The number of likely N-dealkylation sites (N-methyl/N-ethyl adjacent to an activating group) is 1.